The van der Waals surface area contributed by atoms with Gasteiger partial charge in [-0.15, -0.1) is 0 Å². The lowest BCUT2D eigenvalue weighted by Crippen LogP contribution is -2.08. The van der Waals surface area contributed by atoms with E-state index in [-0.39, 0.29) is 0 Å². The van der Waals surface area contributed by atoms with Crippen molar-refractivity contribution in [2.45, 2.75) is 26.8 Å². The molecule has 1 aliphatic carbocycles. The van der Waals surface area contributed by atoms with Crippen LogP contribution in [0.1, 0.15) is 40.4 Å². The third-order valence-electron chi connectivity index (χ3n) is 12.3. The van der Waals surface area contributed by atoms with Crippen LogP contribution >= 0.6 is 0 Å². The lowest BCUT2D eigenvalue weighted by molar-refractivity contribution is 0.476. The van der Waals surface area contributed by atoms with Gasteiger partial charge in [-0.1, -0.05) is 189 Å². The van der Waals surface area contributed by atoms with Gasteiger partial charge in [0.25, 0.3) is 0 Å². The molecule has 0 fully saturated rings. The highest BCUT2D eigenvalue weighted by atomic mass is 16.5. The van der Waals surface area contributed by atoms with Crippen molar-refractivity contribution in [1.29, 1.82) is 0 Å². The first-order valence-electron chi connectivity index (χ1n) is 22.2. The zero-order valence-electron chi connectivity index (χ0n) is 36.6. The maximum absolute atomic E-state index is 7.04. The summed E-state index contributed by atoms with van der Waals surface area (Å²) in [5, 5.41) is 1.28. The van der Waals surface area contributed by atoms with Gasteiger partial charge in [0.1, 0.15) is 5.75 Å². The summed E-state index contributed by atoms with van der Waals surface area (Å²) < 4.78 is 9.41. The molecule has 0 amide bonds. The molecule has 1 atom stereocenters. The van der Waals surface area contributed by atoms with Gasteiger partial charge in [-0.2, -0.15) is 0 Å². The molecule has 0 bridgehead atoms. The minimum Gasteiger partial charge on any atom is -0.455 e. The molecule has 0 saturated heterocycles. The van der Waals surface area contributed by atoms with E-state index < -0.39 is 0 Å². The number of ether oxygens (including phenoxy) is 1. The minimum absolute atomic E-state index is 0.418. The average molecular weight is 841 g/mol. The second kappa shape index (κ2) is 18.3. The second-order valence-electron chi connectivity index (χ2n) is 16.5. The van der Waals surface area contributed by atoms with Crippen LogP contribution in [0.15, 0.2) is 221 Å². The predicted molar refractivity (Wildman–Crippen MR) is 272 cm³/mol. The quantitative estimate of drug-likeness (QED) is 0.0999. The summed E-state index contributed by atoms with van der Waals surface area (Å²) in [7, 11) is 0. The first kappa shape index (κ1) is 40.9. The molecule has 1 aromatic heterocycles. The Kier molecular flexibility index (Phi) is 11.5. The number of hydrogen-bond acceptors (Lipinski definition) is 2. The summed E-state index contributed by atoms with van der Waals surface area (Å²) in [5.74, 6) is 2.92. The molecule has 0 aliphatic heterocycles. The van der Waals surface area contributed by atoms with Crippen molar-refractivity contribution in [3.63, 3.8) is 0 Å². The Balaban J connectivity index is 1.04. The van der Waals surface area contributed by atoms with E-state index >= 15 is 0 Å². The number of aliphatic imine (C=N–C) groups is 3. The molecule has 0 N–H and O–H groups in total. The van der Waals surface area contributed by atoms with Crippen LogP contribution in [0.2, 0.25) is 0 Å². The number of rotatable bonds is 10. The standard InChI is InChI=1S/C60H48N4O/c1-41-29-38-53-52(39-41)58-51(48-21-11-6-12-22-48)24-15-26-55(58)64(53)54-25-13-14-27-57(54)65-56-28-16-23-50(42(56)2)60(62-40-43-30-32-46(33-31-43)44-17-7-4-8-18-44)63-59(61-3)49-36-34-47(35-37-49)45-19-9-5-10-20-45/h4-38,41H,3,39-40H2,1-2H3. The number of hydrogen-bond donors (Lipinski definition) is 0. The Morgan fingerprint density at radius 2 is 1.18 bits per heavy atom. The number of allylic oxidation sites excluding steroid dienone is 1. The van der Waals surface area contributed by atoms with Crippen molar-refractivity contribution >= 4 is 35.4 Å². The van der Waals surface area contributed by atoms with Crippen molar-refractivity contribution < 1.29 is 4.74 Å². The van der Waals surface area contributed by atoms with Gasteiger partial charge in [-0.05, 0) is 101 Å². The van der Waals surface area contributed by atoms with E-state index in [1.54, 1.807) is 0 Å². The van der Waals surface area contributed by atoms with E-state index in [0.29, 0.717) is 29.9 Å². The Labute approximate surface area is 381 Å². The van der Waals surface area contributed by atoms with E-state index in [2.05, 4.69) is 188 Å². The molecule has 314 valence electrons. The molecular weight excluding hydrogens is 793 g/mol. The Bertz CT molecular complexity index is 3240. The molecule has 5 nitrogen and oxygen atoms in total. The minimum atomic E-state index is 0.418. The number of fused-ring (bicyclic) bond motifs is 3. The third-order valence-corrected chi connectivity index (χ3v) is 12.3. The number of para-hydroxylation sites is 2. The molecule has 0 spiro atoms. The van der Waals surface area contributed by atoms with E-state index in [9.17, 15) is 0 Å². The van der Waals surface area contributed by atoms with E-state index in [1.165, 1.54) is 33.3 Å². The van der Waals surface area contributed by atoms with E-state index in [1.807, 2.05) is 54.6 Å². The largest absolute Gasteiger partial charge is 0.455 e. The summed E-state index contributed by atoms with van der Waals surface area (Å²) in [6.07, 6.45) is 5.57. The number of amidine groups is 2. The molecule has 0 radical (unpaired) electrons. The van der Waals surface area contributed by atoms with Crippen molar-refractivity contribution in [1.82, 2.24) is 4.57 Å². The van der Waals surface area contributed by atoms with Crippen LogP contribution in [-0.2, 0) is 13.0 Å². The van der Waals surface area contributed by atoms with Crippen LogP contribution in [0.3, 0.4) is 0 Å². The fraction of sp³-hybridized carbons (Fsp3) is 0.0833. The number of aromatic nitrogens is 1. The van der Waals surface area contributed by atoms with Crippen LogP contribution in [0.25, 0.3) is 56.0 Å². The number of nitrogens with zero attached hydrogens (tertiary/aromatic N) is 4. The smallest absolute Gasteiger partial charge is 0.161 e. The summed E-state index contributed by atoms with van der Waals surface area (Å²) in [6, 6.07) is 69.4. The monoisotopic (exact) mass is 840 g/mol. The van der Waals surface area contributed by atoms with Gasteiger partial charge < -0.3 is 9.30 Å². The highest BCUT2D eigenvalue weighted by Crippen LogP contribution is 2.43. The Hall–Kier alpha value is -8.15. The fourth-order valence-electron chi connectivity index (χ4n) is 8.91. The van der Waals surface area contributed by atoms with Crippen LogP contribution in [0, 0.1) is 12.8 Å². The third kappa shape index (κ3) is 8.40. The lowest BCUT2D eigenvalue weighted by atomic mass is 9.90. The van der Waals surface area contributed by atoms with Crippen LogP contribution in [0.4, 0.5) is 0 Å². The topological polar surface area (TPSA) is 51.2 Å². The summed E-state index contributed by atoms with van der Waals surface area (Å²) in [6.45, 7) is 8.75. The average Bonchev–Trinajstić information content (AvgIpc) is 3.69. The fourth-order valence-corrected chi connectivity index (χ4v) is 8.91. The van der Waals surface area contributed by atoms with Gasteiger partial charge in [-0.25, -0.2) is 9.98 Å². The van der Waals surface area contributed by atoms with Crippen molar-refractivity contribution in [2.75, 3.05) is 0 Å². The first-order chi connectivity index (χ1) is 32.0. The van der Waals surface area contributed by atoms with Crippen LogP contribution in [-0.4, -0.2) is 23.0 Å². The molecule has 1 aliphatic rings. The molecule has 10 rings (SSSR count). The maximum Gasteiger partial charge on any atom is 0.161 e. The highest BCUT2D eigenvalue weighted by Gasteiger charge is 2.25. The molecule has 65 heavy (non-hydrogen) atoms. The van der Waals surface area contributed by atoms with Gasteiger partial charge in [0.15, 0.2) is 17.4 Å². The SMILES string of the molecule is C=NC(=NC(=NCc1ccc(-c2ccccc2)cc1)c1cccc(Oc2ccccc2-n2c3c(c4c(-c5ccccc5)cccc42)CC(C)C=C3)c1C)c1ccc(-c2ccccc2)cc1. The molecule has 9 aromatic rings. The predicted octanol–water partition coefficient (Wildman–Crippen LogP) is 15.0. The molecule has 5 heteroatoms. The van der Waals surface area contributed by atoms with E-state index in [0.717, 1.165) is 62.3 Å². The zero-order chi connectivity index (χ0) is 44.1. The van der Waals surface area contributed by atoms with Crippen molar-refractivity contribution in [3.05, 3.63) is 240 Å². The summed E-state index contributed by atoms with van der Waals surface area (Å²) >= 11 is 0. The van der Waals surface area contributed by atoms with Crippen LogP contribution in [0.5, 0.6) is 11.5 Å². The van der Waals surface area contributed by atoms with Gasteiger partial charge in [0.05, 0.1) is 17.7 Å². The van der Waals surface area contributed by atoms with Crippen molar-refractivity contribution in [3.8, 4) is 50.6 Å². The number of benzene rings is 8. The summed E-state index contributed by atoms with van der Waals surface area (Å²) in [4.78, 5) is 14.8. The summed E-state index contributed by atoms with van der Waals surface area (Å²) in [5.41, 5.74) is 15.4. The van der Waals surface area contributed by atoms with Crippen LogP contribution < -0.4 is 4.74 Å². The van der Waals surface area contributed by atoms with Gasteiger partial charge in [-0.3, -0.25) is 4.99 Å². The normalized spacial score (nSPS) is 13.7. The van der Waals surface area contributed by atoms with Gasteiger partial charge >= 0.3 is 0 Å². The molecule has 0 saturated carbocycles. The molecular formula is C60H48N4O. The zero-order valence-corrected chi connectivity index (χ0v) is 36.6. The van der Waals surface area contributed by atoms with E-state index in [4.69, 9.17) is 14.7 Å². The first-order valence-corrected chi connectivity index (χ1v) is 22.2. The molecule has 1 heterocycles. The van der Waals surface area contributed by atoms with Gasteiger partial charge in [0, 0.05) is 27.8 Å². The maximum atomic E-state index is 7.04. The highest BCUT2D eigenvalue weighted by molar-refractivity contribution is 6.13. The second-order valence-corrected chi connectivity index (χ2v) is 16.5. The van der Waals surface area contributed by atoms with Gasteiger partial charge in [0.2, 0.25) is 0 Å². The lowest BCUT2D eigenvalue weighted by Gasteiger charge is -2.19. The Morgan fingerprint density at radius 1 is 0.600 bits per heavy atom. The molecule has 8 aromatic carbocycles. The molecule has 1 unspecified atom stereocenters. The Morgan fingerprint density at radius 3 is 1.86 bits per heavy atom. The van der Waals surface area contributed by atoms with Crippen molar-refractivity contribution in [2.24, 2.45) is 20.9 Å².